The van der Waals surface area contributed by atoms with Gasteiger partial charge in [0, 0.05) is 11.8 Å². The van der Waals surface area contributed by atoms with Crippen molar-refractivity contribution < 1.29 is 19.2 Å². The second-order valence-corrected chi connectivity index (χ2v) is 14.2. The number of hydrogen-bond donors (Lipinski definition) is 0. The predicted molar refractivity (Wildman–Crippen MR) is 187 cm³/mol. The van der Waals surface area contributed by atoms with Gasteiger partial charge in [-0.1, -0.05) is 72.9 Å². The molecule has 4 aliphatic rings. The molecular weight excluding hydrogens is 544 g/mol. The zero-order chi connectivity index (χ0) is 34.1. The summed E-state index contributed by atoms with van der Waals surface area (Å²) in [5.41, 5.74) is 9.06. The quantitative estimate of drug-likeness (QED) is 0.133. The molecular formula is C40H62O4. The number of hydrogen-bond acceptors (Lipinski definition) is 4. The molecule has 0 spiro atoms. The lowest BCUT2D eigenvalue weighted by atomic mass is 9.46. The monoisotopic (exact) mass is 606 g/mol. The lowest BCUT2D eigenvalue weighted by Crippen LogP contribution is -2.55. The van der Waals surface area contributed by atoms with Gasteiger partial charge >= 0.3 is 0 Å². The molecule has 0 N–H and O–H groups in total. The molecule has 3 fully saturated rings. The average molecular weight is 607 g/mol. The summed E-state index contributed by atoms with van der Waals surface area (Å²) in [5, 5.41) is 0. The Kier molecular flexibility index (Phi) is 18.9. The molecule has 0 aliphatic heterocycles. The first kappa shape index (κ1) is 41.1. The minimum absolute atomic E-state index is 0.333. The standard InChI is InChI=1S/C10H16O.C10H14O.2C10H16O/c1-9(2)7-4-5-10(9,3)8(7)6-11;1-7(2)9-5-4-8(3)10(9)6-11;2*1-9(2)5-4-6-10(3)7-8-11/h6-8H,4-5H2,1-3H3;6,9H,1,4-5H2,2-3H3;2*5,7-8H,4,6H2,1-3H3/b;;10-7+;10-7-. The molecule has 3 saturated carbocycles. The molecule has 4 aliphatic carbocycles. The number of rotatable bonds is 11. The fourth-order valence-electron chi connectivity index (χ4n) is 6.61. The molecule has 0 aromatic carbocycles. The first-order chi connectivity index (χ1) is 20.5. The van der Waals surface area contributed by atoms with Crippen LogP contribution in [0.15, 0.2) is 69.9 Å². The van der Waals surface area contributed by atoms with Crippen LogP contribution >= 0.6 is 0 Å². The van der Waals surface area contributed by atoms with Crippen LogP contribution in [-0.2, 0) is 19.2 Å². The van der Waals surface area contributed by atoms with Gasteiger partial charge in [0.1, 0.15) is 25.1 Å². The molecule has 0 aromatic rings. The third-order valence-electron chi connectivity index (χ3n) is 9.98. The van der Waals surface area contributed by atoms with Crippen LogP contribution in [0, 0.1) is 28.6 Å². The maximum absolute atomic E-state index is 10.7. The first-order valence-corrected chi connectivity index (χ1v) is 16.3. The van der Waals surface area contributed by atoms with E-state index in [4.69, 9.17) is 0 Å². The molecule has 0 saturated heterocycles. The van der Waals surface area contributed by atoms with Crippen molar-refractivity contribution in [2.45, 2.75) is 128 Å². The Hall–Kier alpha value is -2.88. The number of carbonyl (C=O) groups excluding carboxylic acids is 4. The molecule has 2 bridgehead atoms. The molecule has 4 atom stereocenters. The Balaban J connectivity index is 0.000000560. The summed E-state index contributed by atoms with van der Waals surface area (Å²) in [7, 11) is 0. The third-order valence-corrected chi connectivity index (χ3v) is 9.98. The molecule has 4 rings (SSSR count). The highest BCUT2D eigenvalue weighted by molar-refractivity contribution is 5.77. The molecule has 0 aromatic heterocycles. The van der Waals surface area contributed by atoms with Gasteiger partial charge in [-0.15, -0.1) is 0 Å². The normalized spacial score (nSPS) is 24.5. The Morgan fingerprint density at radius 1 is 0.795 bits per heavy atom. The number of aldehydes is 4. The topological polar surface area (TPSA) is 68.3 Å². The van der Waals surface area contributed by atoms with Crippen molar-refractivity contribution in [2.24, 2.45) is 28.6 Å². The van der Waals surface area contributed by atoms with Gasteiger partial charge in [0.15, 0.2) is 0 Å². The van der Waals surface area contributed by atoms with E-state index in [-0.39, 0.29) is 0 Å². The number of fused-ring (bicyclic) bond motifs is 1. The van der Waals surface area contributed by atoms with Gasteiger partial charge in [-0.3, -0.25) is 14.4 Å². The molecule has 0 heterocycles. The smallest absolute Gasteiger partial charge is 0.146 e. The maximum atomic E-state index is 10.7. The predicted octanol–water partition coefficient (Wildman–Crippen LogP) is 10.5. The molecule has 0 radical (unpaired) electrons. The van der Waals surface area contributed by atoms with E-state index in [2.05, 4.69) is 67.2 Å². The highest BCUT2D eigenvalue weighted by Crippen LogP contribution is 2.73. The summed E-state index contributed by atoms with van der Waals surface area (Å²) in [6.45, 7) is 27.1. The van der Waals surface area contributed by atoms with Crippen molar-refractivity contribution in [3.05, 3.63) is 69.9 Å². The Morgan fingerprint density at radius 2 is 1.27 bits per heavy atom. The average Bonchev–Trinajstić information content (AvgIpc) is 3.57. The Labute approximate surface area is 269 Å². The molecule has 44 heavy (non-hydrogen) atoms. The Morgan fingerprint density at radius 3 is 1.52 bits per heavy atom. The summed E-state index contributed by atoms with van der Waals surface area (Å²) in [5.74, 6) is 1.40. The van der Waals surface area contributed by atoms with E-state index in [1.807, 2.05) is 27.7 Å². The molecule has 4 nitrogen and oxygen atoms in total. The van der Waals surface area contributed by atoms with E-state index in [0.717, 1.165) is 79.7 Å². The zero-order valence-corrected chi connectivity index (χ0v) is 29.8. The maximum Gasteiger partial charge on any atom is 0.146 e. The van der Waals surface area contributed by atoms with Crippen molar-refractivity contribution in [3.8, 4) is 0 Å². The van der Waals surface area contributed by atoms with Gasteiger partial charge < -0.3 is 4.79 Å². The summed E-state index contributed by atoms with van der Waals surface area (Å²) in [4.78, 5) is 41.4. The van der Waals surface area contributed by atoms with E-state index in [0.29, 0.717) is 28.6 Å². The van der Waals surface area contributed by atoms with Gasteiger partial charge in [0.2, 0.25) is 0 Å². The highest BCUT2D eigenvalue weighted by atomic mass is 16.1. The molecule has 4 heteroatoms. The van der Waals surface area contributed by atoms with E-state index in [1.54, 1.807) is 12.2 Å². The van der Waals surface area contributed by atoms with E-state index in [1.165, 1.54) is 35.8 Å². The van der Waals surface area contributed by atoms with Crippen LogP contribution in [0.3, 0.4) is 0 Å². The van der Waals surface area contributed by atoms with Crippen molar-refractivity contribution in [2.75, 3.05) is 0 Å². The van der Waals surface area contributed by atoms with E-state index >= 15 is 0 Å². The van der Waals surface area contributed by atoms with Gasteiger partial charge in [-0.2, -0.15) is 0 Å². The van der Waals surface area contributed by atoms with E-state index < -0.39 is 0 Å². The molecule has 246 valence electrons. The second-order valence-electron chi connectivity index (χ2n) is 14.2. The van der Waals surface area contributed by atoms with Crippen LogP contribution < -0.4 is 0 Å². The van der Waals surface area contributed by atoms with Crippen LogP contribution in [0.1, 0.15) is 128 Å². The summed E-state index contributed by atoms with van der Waals surface area (Å²) in [6.07, 6.45) is 20.2. The lowest BCUT2D eigenvalue weighted by molar-refractivity contribution is -0.145. The van der Waals surface area contributed by atoms with Gasteiger partial charge in [0.25, 0.3) is 0 Å². The van der Waals surface area contributed by atoms with Crippen molar-refractivity contribution in [1.82, 2.24) is 0 Å². The van der Waals surface area contributed by atoms with Gasteiger partial charge in [0.05, 0.1) is 0 Å². The van der Waals surface area contributed by atoms with Crippen LogP contribution in [0.2, 0.25) is 0 Å². The molecule has 4 unspecified atom stereocenters. The van der Waals surface area contributed by atoms with Crippen LogP contribution in [0.25, 0.3) is 0 Å². The lowest BCUT2D eigenvalue weighted by Gasteiger charge is -2.57. The van der Waals surface area contributed by atoms with Gasteiger partial charge in [-0.05, 0) is 141 Å². The minimum atomic E-state index is 0.333. The van der Waals surface area contributed by atoms with Crippen LogP contribution in [0.4, 0.5) is 0 Å². The third kappa shape index (κ3) is 12.6. The summed E-state index contributed by atoms with van der Waals surface area (Å²) >= 11 is 0. The van der Waals surface area contributed by atoms with Gasteiger partial charge in [-0.25, -0.2) is 0 Å². The largest absolute Gasteiger partial charge is 0.303 e. The fourth-order valence-corrected chi connectivity index (χ4v) is 6.61. The number of allylic oxidation sites excluding steroid dienone is 11. The fraction of sp³-hybridized carbons (Fsp3) is 0.600. The summed E-state index contributed by atoms with van der Waals surface area (Å²) < 4.78 is 0. The minimum Gasteiger partial charge on any atom is -0.303 e. The zero-order valence-electron chi connectivity index (χ0n) is 29.8. The Bertz CT molecular complexity index is 1090. The van der Waals surface area contributed by atoms with Crippen LogP contribution in [-0.4, -0.2) is 25.1 Å². The molecule has 0 amide bonds. The highest BCUT2D eigenvalue weighted by Gasteiger charge is 2.68. The van der Waals surface area contributed by atoms with Crippen LogP contribution in [0.5, 0.6) is 0 Å². The number of carbonyl (C=O) groups is 4. The SMILES string of the molecule is C=C(C)C1CCC(C)=C1C=O.CC(C)=CCC/C(C)=C/C=O.CC(C)=CCC/C(C)=C\C=O.CC1(C)C2CCC1(C)C2C=O. The van der Waals surface area contributed by atoms with E-state index in [9.17, 15) is 19.2 Å². The van der Waals surface area contributed by atoms with Crippen molar-refractivity contribution >= 4 is 25.1 Å². The van der Waals surface area contributed by atoms with Crippen molar-refractivity contribution in [3.63, 3.8) is 0 Å². The second kappa shape index (κ2) is 20.2. The van der Waals surface area contributed by atoms with Crippen molar-refractivity contribution in [1.29, 1.82) is 0 Å². The summed E-state index contributed by atoms with van der Waals surface area (Å²) in [6, 6.07) is 0. The first-order valence-electron chi connectivity index (χ1n) is 16.3.